The third-order valence-corrected chi connectivity index (χ3v) is 3.56. The van der Waals surface area contributed by atoms with Crippen LogP contribution in [-0.4, -0.2) is 26.4 Å². The first-order valence-corrected chi connectivity index (χ1v) is 7.59. The topological polar surface area (TPSA) is 43.6 Å². The average molecular weight is 281 g/mol. The first-order valence-electron chi connectivity index (χ1n) is 7.59. The highest BCUT2D eigenvalue weighted by atomic mass is 16.5. The average Bonchev–Trinajstić information content (AvgIpc) is 3.00. The van der Waals surface area contributed by atoms with E-state index in [0.29, 0.717) is 18.4 Å². The summed E-state index contributed by atoms with van der Waals surface area (Å²) in [7, 11) is 0. The van der Waals surface area contributed by atoms with Crippen molar-refractivity contribution in [2.75, 3.05) is 26.4 Å². The first-order chi connectivity index (χ1) is 9.65. The number of aryl methyl sites for hydroxylation is 1. The Bertz CT molecular complexity index is 394. The Hall–Kier alpha value is -0.840. The van der Waals surface area contributed by atoms with Crippen molar-refractivity contribution in [2.24, 2.45) is 11.8 Å². The highest BCUT2D eigenvalue weighted by Gasteiger charge is 2.16. The van der Waals surface area contributed by atoms with Crippen LogP contribution < -0.4 is 5.32 Å². The monoisotopic (exact) mass is 281 g/mol. The molecular formula is C16H27NO3. The number of ether oxygens (including phenoxy) is 2. The van der Waals surface area contributed by atoms with Gasteiger partial charge in [0, 0.05) is 24.6 Å². The third kappa shape index (κ3) is 4.93. The number of hydrogen-bond donors (Lipinski definition) is 1. The largest absolute Gasteiger partial charge is 0.464 e. The van der Waals surface area contributed by atoms with Crippen LogP contribution >= 0.6 is 0 Å². The van der Waals surface area contributed by atoms with Crippen LogP contribution in [0.15, 0.2) is 10.5 Å². The minimum Gasteiger partial charge on any atom is -0.464 e. The molecule has 0 radical (unpaired) electrons. The molecular weight excluding hydrogens is 254 g/mol. The maximum Gasteiger partial charge on any atom is 0.130 e. The summed E-state index contributed by atoms with van der Waals surface area (Å²) in [4.78, 5) is 0. The van der Waals surface area contributed by atoms with Gasteiger partial charge in [-0.15, -0.1) is 0 Å². The number of hydrogen-bond acceptors (Lipinski definition) is 4. The molecule has 1 fully saturated rings. The van der Waals surface area contributed by atoms with Gasteiger partial charge in [-0.3, -0.25) is 0 Å². The van der Waals surface area contributed by atoms with Crippen LogP contribution in [0.25, 0.3) is 0 Å². The van der Waals surface area contributed by atoms with E-state index in [-0.39, 0.29) is 0 Å². The van der Waals surface area contributed by atoms with Gasteiger partial charge in [0.1, 0.15) is 18.1 Å². The molecule has 114 valence electrons. The normalized spacial score (nSPS) is 19.1. The summed E-state index contributed by atoms with van der Waals surface area (Å²) >= 11 is 0. The fourth-order valence-electron chi connectivity index (χ4n) is 2.37. The van der Waals surface area contributed by atoms with Crippen molar-refractivity contribution in [3.63, 3.8) is 0 Å². The Morgan fingerprint density at radius 1 is 1.45 bits per heavy atom. The molecule has 0 aliphatic carbocycles. The zero-order valence-corrected chi connectivity index (χ0v) is 12.9. The van der Waals surface area contributed by atoms with E-state index >= 15 is 0 Å². The smallest absolute Gasteiger partial charge is 0.130 e. The van der Waals surface area contributed by atoms with Crippen molar-refractivity contribution in [3.05, 3.63) is 23.2 Å². The van der Waals surface area contributed by atoms with Gasteiger partial charge in [0.05, 0.1) is 13.2 Å². The minimum atomic E-state index is 0.554. The molecule has 20 heavy (non-hydrogen) atoms. The van der Waals surface area contributed by atoms with Crippen molar-refractivity contribution < 1.29 is 13.9 Å². The molecule has 4 nitrogen and oxygen atoms in total. The van der Waals surface area contributed by atoms with Crippen molar-refractivity contribution >= 4 is 0 Å². The molecule has 4 heteroatoms. The van der Waals surface area contributed by atoms with Gasteiger partial charge in [0.15, 0.2) is 0 Å². The summed E-state index contributed by atoms with van der Waals surface area (Å²) in [5, 5.41) is 3.44. The molecule has 0 aromatic carbocycles. The second-order valence-corrected chi connectivity index (χ2v) is 6.06. The zero-order valence-electron chi connectivity index (χ0n) is 12.9. The van der Waals surface area contributed by atoms with Crippen molar-refractivity contribution in [1.82, 2.24) is 5.32 Å². The van der Waals surface area contributed by atoms with Gasteiger partial charge in [0.25, 0.3) is 0 Å². The standard InChI is InChI=1S/C16H27NO3/c1-12(2)7-17-8-15-6-16(20-13(15)3)11-19-10-14-4-5-18-9-14/h6,12,14,17H,4-5,7-11H2,1-3H3. The maximum atomic E-state index is 5.74. The summed E-state index contributed by atoms with van der Waals surface area (Å²) in [6, 6.07) is 2.10. The highest BCUT2D eigenvalue weighted by Crippen LogP contribution is 2.17. The quantitative estimate of drug-likeness (QED) is 0.795. The summed E-state index contributed by atoms with van der Waals surface area (Å²) in [6.07, 6.45) is 1.11. The lowest BCUT2D eigenvalue weighted by molar-refractivity contribution is 0.0687. The van der Waals surface area contributed by atoms with Gasteiger partial charge in [-0.25, -0.2) is 0 Å². The summed E-state index contributed by atoms with van der Waals surface area (Å²) in [5.41, 5.74) is 1.23. The SMILES string of the molecule is Cc1oc(COCC2CCOC2)cc1CNCC(C)C. The molecule has 1 atom stereocenters. The van der Waals surface area contributed by atoms with Gasteiger partial charge in [0.2, 0.25) is 0 Å². The predicted molar refractivity (Wildman–Crippen MR) is 78.6 cm³/mol. The fourth-order valence-corrected chi connectivity index (χ4v) is 2.37. The van der Waals surface area contributed by atoms with Crippen LogP contribution in [0.5, 0.6) is 0 Å². The highest BCUT2D eigenvalue weighted by molar-refractivity contribution is 5.20. The molecule has 2 heterocycles. The third-order valence-electron chi connectivity index (χ3n) is 3.56. The molecule has 0 amide bonds. The van der Waals surface area contributed by atoms with Crippen LogP contribution in [0.2, 0.25) is 0 Å². The summed E-state index contributed by atoms with van der Waals surface area (Å²) in [6.45, 7) is 11.4. The van der Waals surface area contributed by atoms with E-state index in [4.69, 9.17) is 13.9 Å². The molecule has 1 saturated heterocycles. The summed E-state index contributed by atoms with van der Waals surface area (Å²) in [5.74, 6) is 3.13. The Kier molecular flexibility index (Phi) is 6.07. The molecule has 0 bridgehead atoms. The van der Waals surface area contributed by atoms with Crippen LogP contribution in [0.4, 0.5) is 0 Å². The van der Waals surface area contributed by atoms with E-state index in [1.165, 1.54) is 5.56 Å². The van der Waals surface area contributed by atoms with E-state index in [2.05, 4.69) is 25.2 Å². The zero-order chi connectivity index (χ0) is 14.4. The number of rotatable bonds is 8. The number of furan rings is 1. The Balaban J connectivity index is 1.71. The van der Waals surface area contributed by atoms with E-state index in [0.717, 1.165) is 50.9 Å². The first kappa shape index (κ1) is 15.5. The van der Waals surface area contributed by atoms with Crippen LogP contribution in [0.3, 0.4) is 0 Å². The molecule has 1 aromatic heterocycles. The van der Waals surface area contributed by atoms with Gasteiger partial charge < -0.3 is 19.2 Å². The molecule has 1 aliphatic heterocycles. The van der Waals surface area contributed by atoms with Gasteiger partial charge >= 0.3 is 0 Å². The van der Waals surface area contributed by atoms with Gasteiger partial charge in [-0.05, 0) is 31.9 Å². The van der Waals surface area contributed by atoms with Crippen molar-refractivity contribution in [3.8, 4) is 0 Å². The van der Waals surface area contributed by atoms with E-state index in [1.54, 1.807) is 0 Å². The van der Waals surface area contributed by atoms with E-state index in [9.17, 15) is 0 Å². The molecule has 1 aliphatic rings. The Labute approximate surface area is 121 Å². The van der Waals surface area contributed by atoms with Crippen LogP contribution in [0, 0.1) is 18.8 Å². The number of nitrogens with one attached hydrogen (secondary N) is 1. The Morgan fingerprint density at radius 3 is 3.00 bits per heavy atom. The van der Waals surface area contributed by atoms with Gasteiger partial charge in [-0.1, -0.05) is 13.8 Å². The van der Waals surface area contributed by atoms with Crippen LogP contribution in [-0.2, 0) is 22.6 Å². The lowest BCUT2D eigenvalue weighted by atomic mass is 10.1. The summed E-state index contributed by atoms with van der Waals surface area (Å²) < 4.78 is 16.8. The molecule has 0 spiro atoms. The van der Waals surface area contributed by atoms with Crippen molar-refractivity contribution in [1.29, 1.82) is 0 Å². The molecule has 1 unspecified atom stereocenters. The predicted octanol–water partition coefficient (Wildman–Crippen LogP) is 2.89. The van der Waals surface area contributed by atoms with E-state index in [1.807, 2.05) is 6.92 Å². The molecule has 0 saturated carbocycles. The minimum absolute atomic E-state index is 0.554. The maximum absolute atomic E-state index is 5.74. The van der Waals surface area contributed by atoms with Crippen LogP contribution in [0.1, 0.15) is 37.4 Å². The lowest BCUT2D eigenvalue weighted by Gasteiger charge is -2.06. The second kappa shape index (κ2) is 7.81. The fraction of sp³-hybridized carbons (Fsp3) is 0.750. The molecule has 1 N–H and O–H groups in total. The lowest BCUT2D eigenvalue weighted by Crippen LogP contribution is -2.18. The van der Waals surface area contributed by atoms with Crippen molar-refractivity contribution in [2.45, 2.75) is 40.3 Å². The van der Waals surface area contributed by atoms with E-state index < -0.39 is 0 Å². The van der Waals surface area contributed by atoms with Gasteiger partial charge in [-0.2, -0.15) is 0 Å². The molecule has 2 rings (SSSR count). The Morgan fingerprint density at radius 2 is 2.30 bits per heavy atom. The molecule has 1 aromatic rings. The second-order valence-electron chi connectivity index (χ2n) is 6.06.